The molecule has 2 aromatic carbocycles. The highest BCUT2D eigenvalue weighted by Gasteiger charge is 2.07. The SMILES string of the molecule is CCCC(=O)Nc1cccc(NC(=O)COc2ccc(C)cc2Br)c1. The van der Waals surface area contributed by atoms with Crippen LogP contribution < -0.4 is 15.4 Å². The monoisotopic (exact) mass is 404 g/mol. The summed E-state index contributed by atoms with van der Waals surface area (Å²) in [6.07, 6.45) is 1.25. The summed E-state index contributed by atoms with van der Waals surface area (Å²) in [5.74, 6) is 0.296. The maximum Gasteiger partial charge on any atom is 0.262 e. The molecule has 6 heteroatoms. The zero-order valence-corrected chi connectivity index (χ0v) is 15.9. The second kappa shape index (κ2) is 9.22. The number of nitrogens with one attached hydrogen (secondary N) is 2. The van der Waals surface area contributed by atoms with Crippen LogP contribution in [0.4, 0.5) is 11.4 Å². The molecule has 2 N–H and O–H groups in total. The summed E-state index contributed by atoms with van der Waals surface area (Å²) in [6.45, 7) is 3.82. The minimum atomic E-state index is -0.274. The van der Waals surface area contributed by atoms with Gasteiger partial charge < -0.3 is 15.4 Å². The van der Waals surface area contributed by atoms with E-state index in [1.54, 1.807) is 24.3 Å². The molecule has 0 saturated heterocycles. The summed E-state index contributed by atoms with van der Waals surface area (Å²) in [4.78, 5) is 23.7. The molecule has 0 heterocycles. The predicted molar refractivity (Wildman–Crippen MR) is 103 cm³/mol. The first-order chi connectivity index (χ1) is 12.0. The van der Waals surface area contributed by atoms with Crippen LogP contribution in [0.15, 0.2) is 46.9 Å². The molecule has 0 spiro atoms. The Morgan fingerprint density at radius 1 is 1.04 bits per heavy atom. The molecule has 5 nitrogen and oxygen atoms in total. The lowest BCUT2D eigenvalue weighted by Crippen LogP contribution is -2.20. The van der Waals surface area contributed by atoms with Gasteiger partial charge >= 0.3 is 0 Å². The molecule has 2 rings (SSSR count). The third-order valence-corrected chi connectivity index (χ3v) is 3.97. The van der Waals surface area contributed by atoms with E-state index in [0.717, 1.165) is 16.5 Å². The van der Waals surface area contributed by atoms with Crippen LogP contribution in [0.2, 0.25) is 0 Å². The quantitative estimate of drug-likeness (QED) is 0.712. The Hall–Kier alpha value is -2.34. The third-order valence-electron chi connectivity index (χ3n) is 3.35. The smallest absolute Gasteiger partial charge is 0.262 e. The van der Waals surface area contributed by atoms with E-state index < -0.39 is 0 Å². The highest BCUT2D eigenvalue weighted by atomic mass is 79.9. The molecular weight excluding hydrogens is 384 g/mol. The van der Waals surface area contributed by atoms with Crippen molar-refractivity contribution in [3.05, 3.63) is 52.5 Å². The number of carbonyl (C=O) groups excluding carboxylic acids is 2. The Morgan fingerprint density at radius 3 is 2.36 bits per heavy atom. The van der Waals surface area contributed by atoms with Gasteiger partial charge in [-0.2, -0.15) is 0 Å². The molecule has 0 aliphatic rings. The number of rotatable bonds is 7. The molecular formula is C19H21BrN2O3. The Kier molecular flexibility index (Phi) is 7.01. The van der Waals surface area contributed by atoms with Gasteiger partial charge in [-0.05, 0) is 65.2 Å². The van der Waals surface area contributed by atoms with E-state index in [0.29, 0.717) is 23.5 Å². The van der Waals surface area contributed by atoms with Crippen molar-refractivity contribution in [3.8, 4) is 5.75 Å². The van der Waals surface area contributed by atoms with Crippen LogP contribution in [-0.4, -0.2) is 18.4 Å². The molecule has 0 aliphatic carbocycles. The molecule has 2 amide bonds. The fourth-order valence-corrected chi connectivity index (χ4v) is 2.80. The maximum atomic E-state index is 12.1. The number of amides is 2. The van der Waals surface area contributed by atoms with Crippen LogP contribution in [0, 0.1) is 6.92 Å². The maximum absolute atomic E-state index is 12.1. The van der Waals surface area contributed by atoms with Crippen molar-refractivity contribution < 1.29 is 14.3 Å². The number of benzene rings is 2. The fourth-order valence-electron chi connectivity index (χ4n) is 2.19. The van der Waals surface area contributed by atoms with Crippen molar-refractivity contribution in [1.29, 1.82) is 0 Å². The second-order valence-corrected chi connectivity index (χ2v) is 6.50. The third kappa shape index (κ3) is 6.23. The van der Waals surface area contributed by atoms with E-state index in [-0.39, 0.29) is 18.4 Å². The number of halogens is 1. The molecule has 25 heavy (non-hydrogen) atoms. The summed E-state index contributed by atoms with van der Waals surface area (Å²) in [7, 11) is 0. The number of carbonyl (C=O) groups is 2. The van der Waals surface area contributed by atoms with Crippen LogP contribution in [0.5, 0.6) is 5.75 Å². The van der Waals surface area contributed by atoms with Gasteiger partial charge in [0.2, 0.25) is 5.91 Å². The molecule has 0 fully saturated rings. The highest BCUT2D eigenvalue weighted by Crippen LogP contribution is 2.25. The van der Waals surface area contributed by atoms with Gasteiger partial charge in [-0.1, -0.05) is 19.1 Å². The first kappa shape index (κ1) is 19.0. The van der Waals surface area contributed by atoms with Gasteiger partial charge in [-0.15, -0.1) is 0 Å². The molecule has 0 aliphatic heterocycles. The van der Waals surface area contributed by atoms with Gasteiger partial charge in [-0.25, -0.2) is 0 Å². The first-order valence-corrected chi connectivity index (χ1v) is 8.86. The number of hydrogen-bond donors (Lipinski definition) is 2. The van der Waals surface area contributed by atoms with Crippen molar-refractivity contribution in [2.24, 2.45) is 0 Å². The minimum absolute atomic E-state index is 0.0430. The molecule has 0 atom stereocenters. The summed E-state index contributed by atoms with van der Waals surface area (Å²) >= 11 is 3.41. The molecule has 0 aromatic heterocycles. The van der Waals surface area contributed by atoms with Crippen LogP contribution in [0.1, 0.15) is 25.3 Å². The van der Waals surface area contributed by atoms with E-state index in [1.807, 2.05) is 32.0 Å². The van der Waals surface area contributed by atoms with E-state index in [4.69, 9.17) is 4.74 Å². The van der Waals surface area contributed by atoms with E-state index >= 15 is 0 Å². The highest BCUT2D eigenvalue weighted by molar-refractivity contribution is 9.10. The topological polar surface area (TPSA) is 67.4 Å². The van der Waals surface area contributed by atoms with Crippen LogP contribution in [-0.2, 0) is 9.59 Å². The van der Waals surface area contributed by atoms with Crippen molar-refractivity contribution in [2.75, 3.05) is 17.2 Å². The summed E-state index contributed by atoms with van der Waals surface area (Å²) in [5.41, 5.74) is 2.36. The van der Waals surface area contributed by atoms with E-state index in [2.05, 4.69) is 26.6 Å². The Morgan fingerprint density at radius 2 is 1.72 bits per heavy atom. The molecule has 0 unspecified atom stereocenters. The van der Waals surface area contributed by atoms with E-state index in [1.165, 1.54) is 0 Å². The minimum Gasteiger partial charge on any atom is -0.483 e. The number of ether oxygens (including phenoxy) is 1. The van der Waals surface area contributed by atoms with Crippen LogP contribution in [0.3, 0.4) is 0 Å². The molecule has 132 valence electrons. The summed E-state index contributed by atoms with van der Waals surface area (Å²) in [6, 6.07) is 12.7. The standard InChI is InChI=1S/C19H21BrN2O3/c1-3-5-18(23)21-14-6-4-7-15(11-14)22-19(24)12-25-17-9-8-13(2)10-16(17)20/h4,6-11H,3,5,12H2,1-2H3,(H,21,23)(H,22,24). The molecule has 2 aromatic rings. The molecule has 0 bridgehead atoms. The number of anilines is 2. The predicted octanol–water partition coefficient (Wildman–Crippen LogP) is 4.51. The Labute approximate surface area is 155 Å². The Balaban J connectivity index is 1.90. The van der Waals surface area contributed by atoms with Gasteiger partial charge in [0.1, 0.15) is 5.75 Å². The Bertz CT molecular complexity index is 762. The average Bonchev–Trinajstić information content (AvgIpc) is 2.54. The molecule has 0 saturated carbocycles. The lowest BCUT2D eigenvalue weighted by molar-refractivity contribution is -0.118. The lowest BCUT2D eigenvalue weighted by atomic mass is 10.2. The van der Waals surface area contributed by atoms with Gasteiger partial charge in [0.25, 0.3) is 5.91 Å². The van der Waals surface area contributed by atoms with Crippen LogP contribution >= 0.6 is 15.9 Å². The normalized spacial score (nSPS) is 10.2. The average molecular weight is 405 g/mol. The van der Waals surface area contributed by atoms with Crippen molar-refractivity contribution >= 4 is 39.1 Å². The summed E-state index contributed by atoms with van der Waals surface area (Å²) < 4.78 is 6.33. The summed E-state index contributed by atoms with van der Waals surface area (Å²) in [5, 5.41) is 5.56. The largest absolute Gasteiger partial charge is 0.483 e. The fraction of sp³-hybridized carbons (Fsp3) is 0.263. The second-order valence-electron chi connectivity index (χ2n) is 5.65. The number of hydrogen-bond acceptors (Lipinski definition) is 3. The zero-order valence-electron chi connectivity index (χ0n) is 14.3. The zero-order chi connectivity index (χ0) is 18.2. The molecule has 0 radical (unpaired) electrons. The number of aryl methyl sites for hydroxylation is 1. The van der Waals surface area contributed by atoms with Crippen molar-refractivity contribution in [2.45, 2.75) is 26.7 Å². The van der Waals surface area contributed by atoms with Gasteiger partial charge in [0.05, 0.1) is 4.47 Å². The van der Waals surface area contributed by atoms with Gasteiger partial charge in [-0.3, -0.25) is 9.59 Å². The van der Waals surface area contributed by atoms with E-state index in [9.17, 15) is 9.59 Å². The first-order valence-electron chi connectivity index (χ1n) is 8.06. The van der Waals surface area contributed by atoms with Gasteiger partial charge in [0.15, 0.2) is 6.61 Å². The van der Waals surface area contributed by atoms with Crippen molar-refractivity contribution in [1.82, 2.24) is 0 Å². The lowest BCUT2D eigenvalue weighted by Gasteiger charge is -2.10. The van der Waals surface area contributed by atoms with Crippen LogP contribution in [0.25, 0.3) is 0 Å². The van der Waals surface area contributed by atoms with Gasteiger partial charge in [0, 0.05) is 17.8 Å². The van der Waals surface area contributed by atoms with Crippen molar-refractivity contribution in [3.63, 3.8) is 0 Å².